The molecule has 0 bridgehead atoms. The van der Waals surface area contributed by atoms with Crippen LogP contribution in [0, 0.1) is 0 Å². The number of aromatic amines is 1. The SMILES string of the molecule is COc1cc(-c2nc3sc4c(c3c(=O)[nH]2)CCCC4)cc(Br)c1OCc1ccc(Cl)c(Cl)c1. The summed E-state index contributed by atoms with van der Waals surface area (Å²) in [5.74, 6) is 1.57. The van der Waals surface area contributed by atoms with Crippen LogP contribution >= 0.6 is 50.5 Å². The van der Waals surface area contributed by atoms with E-state index in [4.69, 9.17) is 37.7 Å². The van der Waals surface area contributed by atoms with Crippen molar-refractivity contribution in [2.24, 2.45) is 0 Å². The Morgan fingerprint density at radius 2 is 1.97 bits per heavy atom. The van der Waals surface area contributed by atoms with Gasteiger partial charge in [0.2, 0.25) is 0 Å². The monoisotopic (exact) mass is 564 g/mol. The number of ether oxygens (including phenoxy) is 2. The van der Waals surface area contributed by atoms with Crippen LogP contribution in [0.3, 0.4) is 0 Å². The quantitative estimate of drug-likeness (QED) is 0.278. The molecule has 0 saturated carbocycles. The van der Waals surface area contributed by atoms with Gasteiger partial charge in [-0.05, 0) is 77.0 Å². The summed E-state index contributed by atoms with van der Waals surface area (Å²) in [4.78, 5) is 22.8. The summed E-state index contributed by atoms with van der Waals surface area (Å²) in [6.45, 7) is 0.285. The normalized spacial score (nSPS) is 13.2. The van der Waals surface area contributed by atoms with Crippen LogP contribution in [0.1, 0.15) is 28.8 Å². The lowest BCUT2D eigenvalue weighted by Crippen LogP contribution is -2.11. The van der Waals surface area contributed by atoms with Crippen molar-refractivity contribution in [1.82, 2.24) is 9.97 Å². The van der Waals surface area contributed by atoms with E-state index in [0.29, 0.717) is 31.8 Å². The van der Waals surface area contributed by atoms with Gasteiger partial charge in [0.15, 0.2) is 11.5 Å². The molecule has 1 aliphatic carbocycles. The molecule has 1 N–H and O–H groups in total. The predicted molar refractivity (Wildman–Crippen MR) is 137 cm³/mol. The Kier molecular flexibility index (Phi) is 6.40. The van der Waals surface area contributed by atoms with Crippen LogP contribution in [0.25, 0.3) is 21.6 Å². The maximum atomic E-state index is 12.9. The molecule has 5 rings (SSSR count). The van der Waals surface area contributed by atoms with Gasteiger partial charge in [0.25, 0.3) is 5.56 Å². The van der Waals surface area contributed by atoms with E-state index in [9.17, 15) is 4.79 Å². The van der Waals surface area contributed by atoms with Gasteiger partial charge in [-0.2, -0.15) is 0 Å². The summed E-state index contributed by atoms with van der Waals surface area (Å²) in [6, 6.07) is 9.03. The van der Waals surface area contributed by atoms with Gasteiger partial charge < -0.3 is 14.5 Å². The number of thiophene rings is 1. The third-order valence-corrected chi connectivity index (χ3v) is 8.21. The fourth-order valence-electron chi connectivity index (χ4n) is 4.08. The van der Waals surface area contributed by atoms with Gasteiger partial charge >= 0.3 is 0 Å². The molecule has 0 unspecified atom stereocenters. The lowest BCUT2D eigenvalue weighted by Gasteiger charge is -2.15. The summed E-state index contributed by atoms with van der Waals surface area (Å²) < 4.78 is 12.3. The Balaban J connectivity index is 1.49. The van der Waals surface area contributed by atoms with Crippen LogP contribution in [0.15, 0.2) is 39.6 Å². The number of hydrogen-bond donors (Lipinski definition) is 1. The molecule has 33 heavy (non-hydrogen) atoms. The molecule has 0 spiro atoms. The minimum Gasteiger partial charge on any atom is -0.493 e. The number of halogens is 3. The Labute approximate surface area is 212 Å². The minimum atomic E-state index is -0.0931. The zero-order valence-electron chi connectivity index (χ0n) is 17.6. The van der Waals surface area contributed by atoms with Gasteiger partial charge in [-0.15, -0.1) is 11.3 Å². The van der Waals surface area contributed by atoms with Gasteiger partial charge in [-0.25, -0.2) is 4.98 Å². The third-order valence-electron chi connectivity index (χ3n) is 5.70. The van der Waals surface area contributed by atoms with Gasteiger partial charge in [-0.3, -0.25) is 4.79 Å². The number of aromatic nitrogens is 2. The van der Waals surface area contributed by atoms with Crippen molar-refractivity contribution in [3.05, 3.63) is 71.2 Å². The zero-order chi connectivity index (χ0) is 23.1. The van der Waals surface area contributed by atoms with Crippen molar-refractivity contribution in [3.8, 4) is 22.9 Å². The standard InChI is InChI=1S/C24H19BrCl2N2O3S/c1-31-18-10-13(9-15(25)21(18)32-11-12-6-7-16(26)17(27)8-12)22-28-23(30)20-14-4-2-3-5-19(14)33-24(20)29-22/h6-10H,2-5,11H2,1H3,(H,28,29,30). The fraction of sp³-hybridized carbons (Fsp3) is 0.250. The van der Waals surface area contributed by atoms with Crippen molar-refractivity contribution in [1.29, 1.82) is 0 Å². The molecule has 2 aromatic carbocycles. The highest BCUT2D eigenvalue weighted by Gasteiger charge is 2.21. The van der Waals surface area contributed by atoms with Gasteiger partial charge in [0, 0.05) is 10.4 Å². The molecule has 0 aliphatic heterocycles. The second-order valence-corrected chi connectivity index (χ2v) is 10.6. The molecular formula is C24H19BrCl2N2O3S. The topological polar surface area (TPSA) is 64.2 Å². The highest BCUT2D eigenvalue weighted by Crippen LogP contribution is 2.40. The third kappa shape index (κ3) is 4.39. The Bertz CT molecular complexity index is 1430. The molecular weight excluding hydrogens is 547 g/mol. The average Bonchev–Trinajstić information content (AvgIpc) is 3.19. The number of methoxy groups -OCH3 is 1. The lowest BCUT2D eigenvalue weighted by atomic mass is 9.97. The van der Waals surface area contributed by atoms with E-state index in [1.807, 2.05) is 18.2 Å². The number of fused-ring (bicyclic) bond motifs is 3. The average molecular weight is 566 g/mol. The first-order chi connectivity index (χ1) is 15.9. The van der Waals surface area contributed by atoms with E-state index in [2.05, 4.69) is 20.9 Å². The van der Waals surface area contributed by atoms with Crippen LogP contribution in [0.2, 0.25) is 10.0 Å². The predicted octanol–water partition coefficient (Wildman–Crippen LogP) is 7.19. The maximum absolute atomic E-state index is 12.9. The Hall–Kier alpha value is -2.06. The smallest absolute Gasteiger partial charge is 0.260 e. The molecule has 2 aromatic heterocycles. The second kappa shape index (κ2) is 9.29. The summed E-state index contributed by atoms with van der Waals surface area (Å²) in [5, 5.41) is 1.71. The Morgan fingerprint density at radius 1 is 1.15 bits per heavy atom. The summed E-state index contributed by atoms with van der Waals surface area (Å²) in [6.07, 6.45) is 4.26. The molecule has 9 heteroatoms. The van der Waals surface area contributed by atoms with E-state index in [0.717, 1.165) is 40.6 Å². The van der Waals surface area contributed by atoms with Crippen molar-refractivity contribution >= 4 is 60.7 Å². The molecule has 0 fully saturated rings. The van der Waals surface area contributed by atoms with E-state index in [-0.39, 0.29) is 12.2 Å². The number of benzene rings is 2. The largest absolute Gasteiger partial charge is 0.493 e. The van der Waals surface area contributed by atoms with Crippen molar-refractivity contribution in [2.75, 3.05) is 7.11 Å². The number of nitrogens with zero attached hydrogens (tertiary/aromatic N) is 1. The number of rotatable bonds is 5. The maximum Gasteiger partial charge on any atom is 0.260 e. The number of H-pyrrole nitrogens is 1. The highest BCUT2D eigenvalue weighted by atomic mass is 79.9. The Morgan fingerprint density at radius 3 is 2.76 bits per heavy atom. The summed E-state index contributed by atoms with van der Waals surface area (Å²) in [5.41, 5.74) is 2.68. The van der Waals surface area contributed by atoms with Crippen LogP contribution in [-0.2, 0) is 19.4 Å². The summed E-state index contributed by atoms with van der Waals surface area (Å²) in [7, 11) is 1.57. The van der Waals surface area contributed by atoms with Gasteiger partial charge in [-0.1, -0.05) is 29.3 Å². The first kappa shape index (κ1) is 22.7. The van der Waals surface area contributed by atoms with E-state index in [1.54, 1.807) is 30.6 Å². The molecule has 2 heterocycles. The van der Waals surface area contributed by atoms with E-state index in [1.165, 1.54) is 16.9 Å². The molecule has 4 aromatic rings. The van der Waals surface area contributed by atoms with Gasteiger partial charge in [0.05, 0.1) is 27.0 Å². The number of aryl methyl sites for hydroxylation is 2. The highest BCUT2D eigenvalue weighted by molar-refractivity contribution is 9.10. The molecule has 1 aliphatic rings. The lowest BCUT2D eigenvalue weighted by molar-refractivity contribution is 0.282. The molecule has 0 saturated heterocycles. The van der Waals surface area contributed by atoms with Crippen LogP contribution in [0.4, 0.5) is 0 Å². The fourth-order valence-corrected chi connectivity index (χ4v) is 6.22. The van der Waals surface area contributed by atoms with Crippen molar-refractivity contribution < 1.29 is 9.47 Å². The van der Waals surface area contributed by atoms with Crippen molar-refractivity contribution in [3.63, 3.8) is 0 Å². The van der Waals surface area contributed by atoms with E-state index >= 15 is 0 Å². The molecule has 0 atom stereocenters. The first-order valence-electron chi connectivity index (χ1n) is 10.4. The van der Waals surface area contributed by atoms with Gasteiger partial charge in [0.1, 0.15) is 17.3 Å². The van der Waals surface area contributed by atoms with Crippen LogP contribution in [-0.4, -0.2) is 17.1 Å². The van der Waals surface area contributed by atoms with E-state index < -0.39 is 0 Å². The van der Waals surface area contributed by atoms with Crippen LogP contribution < -0.4 is 15.0 Å². The molecule has 5 nitrogen and oxygen atoms in total. The minimum absolute atomic E-state index is 0.0931. The molecule has 170 valence electrons. The number of nitrogens with one attached hydrogen (secondary N) is 1. The molecule has 0 radical (unpaired) electrons. The van der Waals surface area contributed by atoms with Crippen molar-refractivity contribution in [2.45, 2.75) is 32.3 Å². The first-order valence-corrected chi connectivity index (χ1v) is 12.8. The zero-order valence-corrected chi connectivity index (χ0v) is 21.6. The molecule has 0 amide bonds. The summed E-state index contributed by atoms with van der Waals surface area (Å²) >= 11 is 17.3. The number of hydrogen-bond acceptors (Lipinski definition) is 5. The van der Waals surface area contributed by atoms with Crippen LogP contribution in [0.5, 0.6) is 11.5 Å². The second-order valence-electron chi connectivity index (χ2n) is 7.83.